The van der Waals surface area contributed by atoms with Crippen LogP contribution in [0.15, 0.2) is 0 Å². The van der Waals surface area contributed by atoms with Crippen LogP contribution in [-0.2, 0) is 10.2 Å². The molecule has 1 unspecified atom stereocenters. The van der Waals surface area contributed by atoms with Gasteiger partial charge in [0.05, 0.1) is 0 Å². The summed E-state index contributed by atoms with van der Waals surface area (Å²) < 4.78 is 28.7. The number of thioether (sulfide) groups is 1. The van der Waals surface area contributed by atoms with Gasteiger partial charge in [0.15, 0.2) is 0 Å². The summed E-state index contributed by atoms with van der Waals surface area (Å²) in [5, 5.41) is 3.36. The van der Waals surface area contributed by atoms with Crippen molar-refractivity contribution in [3.63, 3.8) is 0 Å². The first-order valence-electron chi connectivity index (χ1n) is 7.90. The van der Waals surface area contributed by atoms with E-state index in [1.807, 2.05) is 6.26 Å². The molecule has 1 fully saturated rings. The van der Waals surface area contributed by atoms with Crippen LogP contribution in [0.5, 0.6) is 0 Å². The van der Waals surface area contributed by atoms with Crippen LogP contribution in [0.1, 0.15) is 33.1 Å². The SMILES string of the molecule is CCNCC1CCN(S(=O)(=O)N(C)C(CC)CSC)CC1. The molecule has 0 aromatic carbocycles. The van der Waals surface area contributed by atoms with Crippen molar-refractivity contribution in [3.05, 3.63) is 0 Å². The fourth-order valence-electron chi connectivity index (χ4n) is 2.74. The highest BCUT2D eigenvalue weighted by molar-refractivity contribution is 7.98. The Morgan fingerprint density at radius 1 is 1.33 bits per heavy atom. The molecule has 0 bridgehead atoms. The normalized spacial score (nSPS) is 20.0. The fourth-order valence-corrected chi connectivity index (χ4v) is 5.31. The fraction of sp³-hybridized carbons (Fsp3) is 1.00. The molecule has 126 valence electrons. The average Bonchev–Trinajstić information content (AvgIpc) is 2.50. The molecule has 0 aromatic heterocycles. The third-order valence-electron chi connectivity index (χ3n) is 4.29. The molecule has 1 atom stereocenters. The van der Waals surface area contributed by atoms with E-state index in [1.165, 1.54) is 0 Å². The summed E-state index contributed by atoms with van der Waals surface area (Å²) in [5.41, 5.74) is 0. The first kappa shape index (κ1) is 19.2. The lowest BCUT2D eigenvalue weighted by molar-refractivity contribution is 0.247. The molecular weight excluding hydrogens is 306 g/mol. The minimum absolute atomic E-state index is 0.0875. The number of nitrogens with one attached hydrogen (secondary N) is 1. The zero-order chi connectivity index (χ0) is 15.9. The number of piperidine rings is 1. The number of rotatable bonds is 9. The van der Waals surface area contributed by atoms with Crippen molar-refractivity contribution in [3.8, 4) is 0 Å². The summed E-state index contributed by atoms with van der Waals surface area (Å²) in [6.07, 6.45) is 4.79. The predicted octanol–water partition coefficient (Wildman–Crippen LogP) is 1.63. The zero-order valence-electron chi connectivity index (χ0n) is 13.8. The Morgan fingerprint density at radius 2 is 1.95 bits per heavy atom. The second-order valence-electron chi connectivity index (χ2n) is 5.69. The van der Waals surface area contributed by atoms with Gasteiger partial charge in [0.1, 0.15) is 0 Å². The molecular formula is C14H31N3O2S2. The molecule has 21 heavy (non-hydrogen) atoms. The molecule has 1 heterocycles. The highest BCUT2D eigenvalue weighted by Gasteiger charge is 2.33. The maximum atomic E-state index is 12.7. The molecule has 1 saturated heterocycles. The van der Waals surface area contributed by atoms with Crippen molar-refractivity contribution in [2.24, 2.45) is 5.92 Å². The van der Waals surface area contributed by atoms with Gasteiger partial charge >= 0.3 is 0 Å². The molecule has 0 spiro atoms. The van der Waals surface area contributed by atoms with Gasteiger partial charge < -0.3 is 5.32 Å². The van der Waals surface area contributed by atoms with Gasteiger partial charge in [-0.15, -0.1) is 0 Å². The lowest BCUT2D eigenvalue weighted by Crippen LogP contribution is -2.50. The van der Waals surface area contributed by atoms with Crippen LogP contribution in [0.3, 0.4) is 0 Å². The molecule has 7 heteroatoms. The van der Waals surface area contributed by atoms with E-state index in [1.54, 1.807) is 27.4 Å². The van der Waals surface area contributed by atoms with Gasteiger partial charge in [0.25, 0.3) is 10.2 Å². The summed E-state index contributed by atoms with van der Waals surface area (Å²) in [4.78, 5) is 0. The third kappa shape index (κ3) is 5.39. The molecule has 0 amide bonds. The Hall–Kier alpha value is 0.180. The van der Waals surface area contributed by atoms with E-state index in [9.17, 15) is 8.42 Å². The van der Waals surface area contributed by atoms with E-state index in [0.717, 1.165) is 38.1 Å². The Kier molecular flexibility index (Phi) is 8.56. The molecule has 0 aliphatic carbocycles. The van der Waals surface area contributed by atoms with Crippen molar-refractivity contribution in [1.82, 2.24) is 13.9 Å². The van der Waals surface area contributed by atoms with Gasteiger partial charge in [0, 0.05) is 31.9 Å². The monoisotopic (exact) mass is 337 g/mol. The quantitative estimate of drug-likeness (QED) is 0.695. The largest absolute Gasteiger partial charge is 0.317 e. The van der Waals surface area contributed by atoms with Gasteiger partial charge in [-0.05, 0) is 44.5 Å². The van der Waals surface area contributed by atoms with Crippen LogP contribution in [0.4, 0.5) is 0 Å². The topological polar surface area (TPSA) is 52.7 Å². The second kappa shape index (κ2) is 9.35. The van der Waals surface area contributed by atoms with Crippen molar-refractivity contribution < 1.29 is 8.42 Å². The van der Waals surface area contributed by atoms with E-state index in [2.05, 4.69) is 19.2 Å². The molecule has 0 aromatic rings. The average molecular weight is 338 g/mol. The van der Waals surface area contributed by atoms with Crippen molar-refractivity contribution in [1.29, 1.82) is 0 Å². The van der Waals surface area contributed by atoms with Gasteiger partial charge in [0.2, 0.25) is 0 Å². The second-order valence-corrected chi connectivity index (χ2v) is 8.59. The van der Waals surface area contributed by atoms with Gasteiger partial charge in [-0.25, -0.2) is 0 Å². The summed E-state index contributed by atoms with van der Waals surface area (Å²) in [6.45, 7) is 7.44. The summed E-state index contributed by atoms with van der Waals surface area (Å²) in [7, 11) is -1.58. The molecule has 0 saturated carbocycles. The van der Waals surface area contributed by atoms with E-state index >= 15 is 0 Å². The lowest BCUT2D eigenvalue weighted by Gasteiger charge is -2.36. The minimum atomic E-state index is -3.31. The Labute approximate surface area is 135 Å². The highest BCUT2D eigenvalue weighted by atomic mass is 32.2. The summed E-state index contributed by atoms with van der Waals surface area (Å²) >= 11 is 1.70. The van der Waals surface area contributed by atoms with E-state index < -0.39 is 10.2 Å². The van der Waals surface area contributed by atoms with Crippen LogP contribution in [-0.4, -0.2) is 68.3 Å². The van der Waals surface area contributed by atoms with Crippen LogP contribution >= 0.6 is 11.8 Å². The van der Waals surface area contributed by atoms with Crippen molar-refractivity contribution in [2.75, 3.05) is 45.2 Å². The molecule has 1 rings (SSSR count). The predicted molar refractivity (Wildman–Crippen MR) is 92.0 cm³/mol. The Morgan fingerprint density at radius 3 is 2.43 bits per heavy atom. The number of hydrogen-bond acceptors (Lipinski definition) is 4. The Bertz CT molecular complexity index is 382. The van der Waals surface area contributed by atoms with Crippen LogP contribution in [0, 0.1) is 5.92 Å². The maximum Gasteiger partial charge on any atom is 0.282 e. The summed E-state index contributed by atoms with van der Waals surface area (Å²) in [6, 6.07) is 0.0875. The Balaban J connectivity index is 2.59. The molecule has 1 aliphatic rings. The summed E-state index contributed by atoms with van der Waals surface area (Å²) in [5.74, 6) is 1.46. The number of nitrogens with zero attached hydrogens (tertiary/aromatic N) is 2. The highest BCUT2D eigenvalue weighted by Crippen LogP contribution is 2.22. The van der Waals surface area contributed by atoms with Gasteiger partial charge in [-0.3, -0.25) is 0 Å². The standard InChI is InChI=1S/C14H31N3O2S2/c1-5-14(12-20-4)16(3)21(18,19)17-9-7-13(8-10-17)11-15-6-2/h13-15H,5-12H2,1-4H3. The molecule has 5 nitrogen and oxygen atoms in total. The molecule has 1 N–H and O–H groups in total. The van der Waals surface area contributed by atoms with Crippen LogP contribution in [0.25, 0.3) is 0 Å². The first-order valence-corrected chi connectivity index (χ1v) is 10.7. The first-order chi connectivity index (χ1) is 9.97. The smallest absolute Gasteiger partial charge is 0.282 e. The van der Waals surface area contributed by atoms with Gasteiger partial charge in [-0.2, -0.15) is 28.8 Å². The molecule has 0 radical (unpaired) electrons. The van der Waals surface area contributed by atoms with Crippen LogP contribution < -0.4 is 5.32 Å². The van der Waals surface area contributed by atoms with Gasteiger partial charge in [-0.1, -0.05) is 13.8 Å². The van der Waals surface area contributed by atoms with Crippen LogP contribution in [0.2, 0.25) is 0 Å². The third-order valence-corrected chi connectivity index (χ3v) is 7.05. The number of hydrogen-bond donors (Lipinski definition) is 1. The van der Waals surface area contributed by atoms with Crippen molar-refractivity contribution >= 4 is 22.0 Å². The van der Waals surface area contributed by atoms with E-state index in [-0.39, 0.29) is 6.04 Å². The lowest BCUT2D eigenvalue weighted by atomic mass is 9.98. The van der Waals surface area contributed by atoms with E-state index in [0.29, 0.717) is 19.0 Å². The van der Waals surface area contributed by atoms with Crippen molar-refractivity contribution in [2.45, 2.75) is 39.2 Å². The minimum Gasteiger partial charge on any atom is -0.317 e. The molecule has 1 aliphatic heterocycles. The zero-order valence-corrected chi connectivity index (χ0v) is 15.5. The van der Waals surface area contributed by atoms with E-state index in [4.69, 9.17) is 0 Å². The maximum absolute atomic E-state index is 12.7.